The second kappa shape index (κ2) is 7.46. The number of nitrogens with two attached hydrogens (primary N) is 1. The Labute approximate surface area is 66.0 Å². The zero-order valence-electron chi connectivity index (χ0n) is 6.47. The smallest absolute Gasteiger partial charge is 0.317 e. The molecular weight excluding hydrogens is 146 g/mol. The molecule has 1 rings (SSSR count). The molecule has 0 radical (unpaired) electrons. The molecule has 11 heavy (non-hydrogen) atoms. The number of rotatable bonds is 1. The van der Waals surface area contributed by atoms with Crippen LogP contribution in [0.4, 0.5) is 0 Å². The van der Waals surface area contributed by atoms with Crippen molar-refractivity contribution in [3.8, 4) is 0 Å². The Hall–Kier alpha value is -0.650. The summed E-state index contributed by atoms with van der Waals surface area (Å²) in [6, 6.07) is 0. The van der Waals surface area contributed by atoms with Crippen LogP contribution in [0.25, 0.3) is 0 Å². The molecule has 66 valence electrons. The quantitative estimate of drug-likeness (QED) is 0.365. The van der Waals surface area contributed by atoms with Crippen molar-refractivity contribution in [3.63, 3.8) is 0 Å². The molecule has 0 atom stereocenters. The summed E-state index contributed by atoms with van der Waals surface area (Å²) in [6.45, 7) is 4.28. The summed E-state index contributed by atoms with van der Waals surface area (Å²) in [5.74, 6) is -0.968. The van der Waals surface area contributed by atoms with Crippen LogP contribution in [-0.2, 0) is 4.79 Å². The molecule has 5 nitrogen and oxygen atoms in total. The Kier molecular flexibility index (Phi) is 7.02. The fraction of sp³-hybridized carbons (Fsp3) is 0.833. The van der Waals surface area contributed by atoms with Crippen molar-refractivity contribution in [1.82, 2.24) is 10.6 Å². The van der Waals surface area contributed by atoms with E-state index in [1.54, 1.807) is 0 Å². The third kappa shape index (κ3) is 9.35. The van der Waals surface area contributed by atoms with E-state index in [-0.39, 0.29) is 6.54 Å². The van der Waals surface area contributed by atoms with Gasteiger partial charge in [0.2, 0.25) is 0 Å². The minimum Gasteiger partial charge on any atom is -0.480 e. The molecule has 0 aromatic heterocycles. The highest BCUT2D eigenvalue weighted by Crippen LogP contribution is 1.65. The summed E-state index contributed by atoms with van der Waals surface area (Å²) in [4.78, 5) is 9.24. The third-order valence-electron chi connectivity index (χ3n) is 1.13. The second-order valence-corrected chi connectivity index (χ2v) is 2.10. The van der Waals surface area contributed by atoms with Crippen LogP contribution in [0.2, 0.25) is 0 Å². The topological polar surface area (TPSA) is 87.4 Å². The van der Waals surface area contributed by atoms with Gasteiger partial charge in [-0.05, 0) is 0 Å². The van der Waals surface area contributed by atoms with Gasteiger partial charge in [0.15, 0.2) is 0 Å². The van der Waals surface area contributed by atoms with Crippen molar-refractivity contribution >= 4 is 5.97 Å². The lowest BCUT2D eigenvalue weighted by Gasteiger charge is -2.11. The second-order valence-electron chi connectivity index (χ2n) is 2.10. The van der Waals surface area contributed by atoms with Gasteiger partial charge >= 0.3 is 5.97 Å². The maximum Gasteiger partial charge on any atom is 0.317 e. The van der Waals surface area contributed by atoms with Crippen LogP contribution in [0, 0.1) is 0 Å². The van der Waals surface area contributed by atoms with Crippen molar-refractivity contribution in [2.45, 2.75) is 0 Å². The molecule has 1 heterocycles. The van der Waals surface area contributed by atoms with Gasteiger partial charge in [-0.15, -0.1) is 0 Å². The van der Waals surface area contributed by atoms with Crippen molar-refractivity contribution in [2.24, 2.45) is 5.73 Å². The molecule has 1 aliphatic rings. The fourth-order valence-corrected chi connectivity index (χ4v) is 0.604. The van der Waals surface area contributed by atoms with E-state index < -0.39 is 5.97 Å². The summed E-state index contributed by atoms with van der Waals surface area (Å²) in [5.41, 5.74) is 4.57. The predicted octanol–water partition coefficient (Wildman–Crippen LogP) is -1.79. The number of carboxylic acids is 1. The Bertz CT molecular complexity index is 92.5. The van der Waals surface area contributed by atoms with Crippen molar-refractivity contribution < 1.29 is 9.90 Å². The van der Waals surface area contributed by atoms with Crippen LogP contribution >= 0.6 is 0 Å². The molecule has 1 fully saturated rings. The fourth-order valence-electron chi connectivity index (χ4n) is 0.604. The van der Waals surface area contributed by atoms with Gasteiger partial charge in [-0.3, -0.25) is 4.79 Å². The molecule has 5 N–H and O–H groups in total. The predicted molar refractivity (Wildman–Crippen MR) is 42.4 cm³/mol. The number of hydrogen-bond donors (Lipinski definition) is 4. The highest BCUT2D eigenvalue weighted by Gasteiger charge is 1.91. The van der Waals surface area contributed by atoms with Gasteiger partial charge in [-0.1, -0.05) is 0 Å². The molecule has 0 spiro atoms. The van der Waals surface area contributed by atoms with Gasteiger partial charge in [0.25, 0.3) is 0 Å². The average Bonchev–Trinajstić information content (AvgIpc) is 2.09. The third-order valence-corrected chi connectivity index (χ3v) is 1.13. The lowest BCUT2D eigenvalue weighted by atomic mass is 10.4. The van der Waals surface area contributed by atoms with Gasteiger partial charge in [-0.2, -0.15) is 0 Å². The average molecular weight is 161 g/mol. The molecule has 0 aliphatic carbocycles. The van der Waals surface area contributed by atoms with Gasteiger partial charge in [-0.25, -0.2) is 0 Å². The molecular formula is C6H15N3O2. The van der Waals surface area contributed by atoms with Crippen molar-refractivity contribution in [3.05, 3.63) is 0 Å². The van der Waals surface area contributed by atoms with E-state index in [0.717, 1.165) is 26.2 Å². The maximum atomic E-state index is 9.24. The lowest BCUT2D eigenvalue weighted by Crippen LogP contribution is -2.39. The number of carboxylic acid groups (broad SMARTS) is 1. The summed E-state index contributed by atoms with van der Waals surface area (Å²) in [7, 11) is 0. The molecule has 0 bridgehead atoms. The first-order valence-corrected chi connectivity index (χ1v) is 3.60. The molecule has 0 aromatic carbocycles. The van der Waals surface area contributed by atoms with Crippen LogP contribution < -0.4 is 16.4 Å². The summed E-state index contributed by atoms with van der Waals surface area (Å²) >= 11 is 0. The Morgan fingerprint density at radius 1 is 1.27 bits per heavy atom. The van der Waals surface area contributed by atoms with E-state index in [2.05, 4.69) is 16.4 Å². The van der Waals surface area contributed by atoms with Crippen LogP contribution in [-0.4, -0.2) is 43.8 Å². The number of hydrogen-bond acceptors (Lipinski definition) is 4. The molecule has 1 aliphatic heterocycles. The van der Waals surface area contributed by atoms with E-state index in [0.29, 0.717) is 0 Å². The van der Waals surface area contributed by atoms with E-state index in [1.165, 1.54) is 0 Å². The Morgan fingerprint density at radius 2 is 1.55 bits per heavy atom. The van der Waals surface area contributed by atoms with Gasteiger partial charge in [0.1, 0.15) is 0 Å². The van der Waals surface area contributed by atoms with Crippen molar-refractivity contribution in [1.29, 1.82) is 0 Å². The van der Waals surface area contributed by atoms with Crippen molar-refractivity contribution in [2.75, 3.05) is 32.7 Å². The van der Waals surface area contributed by atoms with Crippen LogP contribution in [0.5, 0.6) is 0 Å². The SMILES string of the molecule is C1CNCCN1.NCC(=O)O. The first kappa shape index (κ1) is 10.3. The van der Waals surface area contributed by atoms with Crippen LogP contribution in [0.1, 0.15) is 0 Å². The van der Waals surface area contributed by atoms with E-state index >= 15 is 0 Å². The van der Waals surface area contributed by atoms with E-state index in [9.17, 15) is 4.79 Å². The Morgan fingerprint density at radius 3 is 1.64 bits per heavy atom. The van der Waals surface area contributed by atoms with Crippen LogP contribution in [0.3, 0.4) is 0 Å². The molecule has 5 heteroatoms. The minimum absolute atomic E-state index is 0.278. The minimum atomic E-state index is -0.968. The van der Waals surface area contributed by atoms with Gasteiger partial charge < -0.3 is 21.5 Å². The lowest BCUT2D eigenvalue weighted by molar-refractivity contribution is -0.135. The highest BCUT2D eigenvalue weighted by molar-refractivity contribution is 5.68. The first-order valence-electron chi connectivity index (χ1n) is 3.60. The standard InChI is InChI=1S/C4H10N2.C2H5NO2/c1-2-6-4-3-5-1;3-1-2(4)5/h5-6H,1-4H2;1,3H2,(H,4,5). The Balaban J connectivity index is 0.000000187. The molecule has 1 saturated heterocycles. The zero-order chi connectivity index (χ0) is 8.53. The number of carbonyl (C=O) groups is 1. The summed E-state index contributed by atoms with van der Waals surface area (Å²) in [6.07, 6.45) is 0. The first-order chi connectivity index (χ1) is 5.27. The molecule has 0 amide bonds. The number of nitrogens with one attached hydrogen (secondary N) is 2. The van der Waals surface area contributed by atoms with Gasteiger partial charge in [0, 0.05) is 26.2 Å². The van der Waals surface area contributed by atoms with E-state index in [1.807, 2.05) is 0 Å². The highest BCUT2D eigenvalue weighted by atomic mass is 16.4. The number of piperazine rings is 1. The molecule has 0 saturated carbocycles. The summed E-state index contributed by atoms with van der Waals surface area (Å²) in [5, 5.41) is 14.0. The molecule has 0 aromatic rings. The number of aliphatic carboxylic acids is 1. The normalized spacial score (nSPS) is 16.5. The van der Waals surface area contributed by atoms with E-state index in [4.69, 9.17) is 5.11 Å². The largest absolute Gasteiger partial charge is 0.480 e. The summed E-state index contributed by atoms with van der Waals surface area (Å²) < 4.78 is 0. The maximum absolute atomic E-state index is 9.24. The van der Waals surface area contributed by atoms with Crippen LogP contribution in [0.15, 0.2) is 0 Å². The monoisotopic (exact) mass is 161 g/mol. The zero-order valence-corrected chi connectivity index (χ0v) is 6.47. The molecule has 0 unspecified atom stereocenters. The van der Waals surface area contributed by atoms with Gasteiger partial charge in [0.05, 0.1) is 6.54 Å².